The van der Waals surface area contributed by atoms with E-state index in [-0.39, 0.29) is 0 Å². The standard InChI is InChI=1S/C12H12N2O2S/c1-2-11-12(16-4-3-15-11)5-9(1)13-6-10-7-17-8-14-10/h1-2,5,7-8,13H,3-4,6H2. The number of ether oxygens (including phenoxy) is 2. The molecule has 1 aliphatic rings. The Balaban J connectivity index is 1.71. The van der Waals surface area contributed by atoms with Crippen molar-refractivity contribution in [2.75, 3.05) is 18.5 Å². The molecular weight excluding hydrogens is 236 g/mol. The van der Waals surface area contributed by atoms with Crippen LogP contribution in [0.25, 0.3) is 0 Å². The predicted octanol–water partition coefficient (Wildman–Crippen LogP) is 2.53. The Morgan fingerprint density at radius 2 is 2.12 bits per heavy atom. The third-order valence-electron chi connectivity index (χ3n) is 2.50. The maximum Gasteiger partial charge on any atom is 0.163 e. The molecule has 2 aromatic rings. The lowest BCUT2D eigenvalue weighted by Crippen LogP contribution is -2.15. The number of aromatic nitrogens is 1. The van der Waals surface area contributed by atoms with Crippen molar-refractivity contribution in [1.82, 2.24) is 4.98 Å². The van der Waals surface area contributed by atoms with Crippen LogP contribution in [0.4, 0.5) is 5.69 Å². The monoisotopic (exact) mass is 248 g/mol. The van der Waals surface area contributed by atoms with E-state index in [0.29, 0.717) is 13.2 Å². The number of thiazole rings is 1. The molecule has 88 valence electrons. The van der Waals surface area contributed by atoms with Crippen molar-refractivity contribution < 1.29 is 9.47 Å². The highest BCUT2D eigenvalue weighted by Gasteiger charge is 2.11. The summed E-state index contributed by atoms with van der Waals surface area (Å²) in [6, 6.07) is 5.87. The van der Waals surface area contributed by atoms with Gasteiger partial charge in [0.05, 0.1) is 17.7 Å². The summed E-state index contributed by atoms with van der Waals surface area (Å²) < 4.78 is 11.0. The van der Waals surface area contributed by atoms with Crippen LogP contribution in [0.5, 0.6) is 11.5 Å². The Morgan fingerprint density at radius 1 is 1.24 bits per heavy atom. The summed E-state index contributed by atoms with van der Waals surface area (Å²) >= 11 is 1.60. The molecule has 1 aromatic carbocycles. The van der Waals surface area contributed by atoms with Crippen LogP contribution in [0, 0.1) is 0 Å². The number of nitrogens with zero attached hydrogens (tertiary/aromatic N) is 1. The van der Waals surface area contributed by atoms with Crippen LogP contribution in [0.1, 0.15) is 5.69 Å². The average Bonchev–Trinajstić information content (AvgIpc) is 2.89. The Labute approximate surface area is 103 Å². The zero-order valence-electron chi connectivity index (χ0n) is 9.18. The Morgan fingerprint density at radius 3 is 2.94 bits per heavy atom. The van der Waals surface area contributed by atoms with Crippen molar-refractivity contribution in [2.24, 2.45) is 0 Å². The van der Waals surface area contributed by atoms with Gasteiger partial charge in [-0.3, -0.25) is 0 Å². The summed E-state index contributed by atoms with van der Waals surface area (Å²) in [5.41, 5.74) is 3.90. The molecule has 0 aliphatic carbocycles. The molecular formula is C12H12N2O2S. The molecule has 0 amide bonds. The molecule has 0 atom stereocenters. The van der Waals surface area contributed by atoms with Crippen LogP contribution >= 0.6 is 11.3 Å². The van der Waals surface area contributed by atoms with Crippen LogP contribution in [0.2, 0.25) is 0 Å². The molecule has 5 heteroatoms. The SMILES string of the molecule is c1nc(CNc2ccc3c(c2)OCCO3)cs1. The van der Waals surface area contributed by atoms with Gasteiger partial charge >= 0.3 is 0 Å². The van der Waals surface area contributed by atoms with E-state index in [2.05, 4.69) is 10.3 Å². The van der Waals surface area contributed by atoms with Crippen molar-refractivity contribution in [3.8, 4) is 11.5 Å². The molecule has 0 unspecified atom stereocenters. The topological polar surface area (TPSA) is 43.4 Å². The summed E-state index contributed by atoms with van der Waals surface area (Å²) in [6.07, 6.45) is 0. The first-order chi connectivity index (χ1) is 8.42. The molecule has 0 spiro atoms. The first kappa shape index (κ1) is 10.4. The first-order valence-corrected chi connectivity index (χ1v) is 6.37. The van der Waals surface area contributed by atoms with Gasteiger partial charge in [-0.05, 0) is 12.1 Å². The van der Waals surface area contributed by atoms with Crippen molar-refractivity contribution >= 4 is 17.0 Å². The van der Waals surface area contributed by atoms with Gasteiger partial charge in [-0.25, -0.2) is 4.98 Å². The molecule has 4 nitrogen and oxygen atoms in total. The minimum atomic E-state index is 0.614. The van der Waals surface area contributed by atoms with Crippen LogP contribution in [-0.2, 0) is 6.54 Å². The molecule has 0 saturated heterocycles. The highest BCUT2D eigenvalue weighted by Crippen LogP contribution is 2.32. The van der Waals surface area contributed by atoms with Crippen molar-refractivity contribution in [3.05, 3.63) is 34.8 Å². The molecule has 0 radical (unpaired) electrons. The van der Waals surface area contributed by atoms with Crippen LogP contribution in [0.15, 0.2) is 29.1 Å². The van der Waals surface area contributed by atoms with Gasteiger partial charge in [-0.2, -0.15) is 0 Å². The van der Waals surface area contributed by atoms with Crippen LogP contribution < -0.4 is 14.8 Å². The highest BCUT2D eigenvalue weighted by atomic mass is 32.1. The fourth-order valence-electron chi connectivity index (χ4n) is 1.67. The van der Waals surface area contributed by atoms with Gasteiger partial charge in [0, 0.05) is 17.1 Å². The molecule has 0 fully saturated rings. The third-order valence-corrected chi connectivity index (χ3v) is 3.13. The number of hydrogen-bond donors (Lipinski definition) is 1. The number of anilines is 1. The Hall–Kier alpha value is -1.75. The number of rotatable bonds is 3. The molecule has 1 aliphatic heterocycles. The van der Waals surface area contributed by atoms with E-state index in [1.165, 1.54) is 0 Å². The largest absolute Gasteiger partial charge is 0.486 e. The molecule has 1 N–H and O–H groups in total. The molecule has 2 heterocycles. The predicted molar refractivity (Wildman–Crippen MR) is 66.9 cm³/mol. The second-order valence-corrected chi connectivity index (χ2v) is 4.41. The Kier molecular flexibility index (Phi) is 2.83. The van der Waals surface area contributed by atoms with Crippen molar-refractivity contribution in [3.63, 3.8) is 0 Å². The number of fused-ring (bicyclic) bond motifs is 1. The van der Waals surface area contributed by atoms with Gasteiger partial charge in [0.1, 0.15) is 13.2 Å². The third kappa shape index (κ3) is 2.34. The maximum atomic E-state index is 5.52. The molecule has 1 aromatic heterocycles. The maximum absolute atomic E-state index is 5.52. The van der Waals surface area contributed by atoms with Gasteiger partial charge in [0.15, 0.2) is 11.5 Å². The number of nitrogens with one attached hydrogen (secondary N) is 1. The number of hydrogen-bond acceptors (Lipinski definition) is 5. The summed E-state index contributed by atoms with van der Waals surface area (Å²) in [6.45, 7) is 1.96. The molecule has 17 heavy (non-hydrogen) atoms. The summed E-state index contributed by atoms with van der Waals surface area (Å²) in [5, 5.41) is 5.34. The van der Waals surface area contributed by atoms with E-state index in [9.17, 15) is 0 Å². The van der Waals surface area contributed by atoms with E-state index in [1.807, 2.05) is 29.1 Å². The van der Waals surface area contributed by atoms with Gasteiger partial charge in [0.25, 0.3) is 0 Å². The van der Waals surface area contributed by atoms with Gasteiger partial charge in [-0.15, -0.1) is 11.3 Å². The van der Waals surface area contributed by atoms with Gasteiger partial charge in [0.2, 0.25) is 0 Å². The first-order valence-electron chi connectivity index (χ1n) is 5.42. The second kappa shape index (κ2) is 4.63. The van der Waals surface area contributed by atoms with Crippen molar-refractivity contribution in [2.45, 2.75) is 6.54 Å². The van der Waals surface area contributed by atoms with E-state index in [4.69, 9.17) is 9.47 Å². The van der Waals surface area contributed by atoms with Crippen LogP contribution in [0.3, 0.4) is 0 Å². The second-order valence-electron chi connectivity index (χ2n) is 3.69. The lowest BCUT2D eigenvalue weighted by atomic mass is 10.2. The zero-order chi connectivity index (χ0) is 11.5. The zero-order valence-corrected chi connectivity index (χ0v) is 10.00. The highest BCUT2D eigenvalue weighted by molar-refractivity contribution is 7.07. The fourth-order valence-corrected chi connectivity index (χ4v) is 2.23. The average molecular weight is 248 g/mol. The molecule has 3 rings (SSSR count). The molecule has 0 bridgehead atoms. The minimum absolute atomic E-state index is 0.614. The molecule has 0 saturated carbocycles. The quantitative estimate of drug-likeness (QED) is 0.906. The smallest absolute Gasteiger partial charge is 0.163 e. The van der Waals surface area contributed by atoms with Crippen LogP contribution in [-0.4, -0.2) is 18.2 Å². The lowest BCUT2D eigenvalue weighted by molar-refractivity contribution is 0.171. The van der Waals surface area contributed by atoms with Gasteiger partial charge < -0.3 is 14.8 Å². The number of benzene rings is 1. The van der Waals surface area contributed by atoms with E-state index in [1.54, 1.807) is 11.3 Å². The lowest BCUT2D eigenvalue weighted by Gasteiger charge is -2.19. The summed E-state index contributed by atoms with van der Waals surface area (Å²) in [7, 11) is 0. The van der Waals surface area contributed by atoms with Crippen molar-refractivity contribution in [1.29, 1.82) is 0 Å². The van der Waals surface area contributed by atoms with Gasteiger partial charge in [-0.1, -0.05) is 0 Å². The Bertz CT molecular complexity index is 499. The normalized spacial score (nSPS) is 13.4. The van der Waals surface area contributed by atoms with E-state index >= 15 is 0 Å². The van der Waals surface area contributed by atoms with E-state index in [0.717, 1.165) is 29.4 Å². The minimum Gasteiger partial charge on any atom is -0.486 e. The summed E-state index contributed by atoms with van der Waals surface area (Å²) in [5.74, 6) is 1.62. The summed E-state index contributed by atoms with van der Waals surface area (Å²) in [4.78, 5) is 4.22. The van der Waals surface area contributed by atoms with E-state index < -0.39 is 0 Å². The fraction of sp³-hybridized carbons (Fsp3) is 0.250.